The smallest absolute Gasteiger partial charge is 0.412 e. The van der Waals surface area contributed by atoms with E-state index >= 15 is 0 Å². The average Bonchev–Trinajstić information content (AvgIpc) is 3.14. The molecule has 3 aromatic rings. The van der Waals surface area contributed by atoms with E-state index in [1.807, 2.05) is 12.1 Å². The van der Waals surface area contributed by atoms with Gasteiger partial charge in [-0.3, -0.25) is 5.32 Å². The monoisotopic (exact) mass is 402 g/mol. The van der Waals surface area contributed by atoms with Gasteiger partial charge < -0.3 is 23.7 Å². The maximum absolute atomic E-state index is 11.3. The maximum atomic E-state index is 11.3. The van der Waals surface area contributed by atoms with Crippen molar-refractivity contribution < 1.29 is 28.5 Å². The summed E-state index contributed by atoms with van der Waals surface area (Å²) in [7, 11) is 5.99. The molecule has 1 N–H and O–H groups in total. The molecule has 10 nitrogen and oxygen atoms in total. The van der Waals surface area contributed by atoms with Crippen LogP contribution in [0.3, 0.4) is 0 Å². The molecule has 0 saturated heterocycles. The number of nitrogens with zero attached hydrogens (tertiary/aromatic N) is 3. The van der Waals surface area contributed by atoms with Gasteiger partial charge in [-0.1, -0.05) is 0 Å². The highest BCUT2D eigenvalue weighted by molar-refractivity contribution is 5.83. The van der Waals surface area contributed by atoms with Crippen LogP contribution in [0.1, 0.15) is 5.56 Å². The molecule has 2 aromatic heterocycles. The molecule has 154 valence electrons. The Morgan fingerprint density at radius 2 is 1.79 bits per heavy atom. The summed E-state index contributed by atoms with van der Waals surface area (Å²) >= 11 is 0. The Kier molecular flexibility index (Phi) is 6.22. The van der Waals surface area contributed by atoms with E-state index in [2.05, 4.69) is 20.1 Å². The third-order valence-corrected chi connectivity index (χ3v) is 4.08. The van der Waals surface area contributed by atoms with Gasteiger partial charge in [-0.2, -0.15) is 0 Å². The molecule has 0 radical (unpaired) electrons. The number of nitrogens with one attached hydrogen (secondary N) is 1. The Morgan fingerprint density at radius 1 is 1.07 bits per heavy atom. The van der Waals surface area contributed by atoms with Gasteiger partial charge in [0.1, 0.15) is 0 Å². The number of hydrogen-bond acceptors (Lipinski definition) is 8. The van der Waals surface area contributed by atoms with Crippen LogP contribution in [-0.2, 0) is 11.2 Å². The lowest BCUT2D eigenvalue weighted by Gasteiger charge is -2.14. The zero-order valence-corrected chi connectivity index (χ0v) is 16.6. The second-order valence-electron chi connectivity index (χ2n) is 5.85. The van der Waals surface area contributed by atoms with Crippen LogP contribution in [-0.4, -0.2) is 55.7 Å². The predicted molar refractivity (Wildman–Crippen MR) is 104 cm³/mol. The number of rotatable bonds is 8. The number of methoxy groups -OCH3 is 4. The number of amides is 1. The Hall–Kier alpha value is -3.69. The number of benzene rings is 1. The fourth-order valence-electron chi connectivity index (χ4n) is 2.71. The third kappa shape index (κ3) is 4.60. The van der Waals surface area contributed by atoms with Crippen molar-refractivity contribution in [2.24, 2.45) is 0 Å². The summed E-state index contributed by atoms with van der Waals surface area (Å²) < 4.78 is 27.9. The molecule has 0 aliphatic carbocycles. The molecule has 0 saturated carbocycles. The van der Waals surface area contributed by atoms with Gasteiger partial charge in [0.2, 0.25) is 11.6 Å². The Balaban J connectivity index is 1.67. The van der Waals surface area contributed by atoms with E-state index in [1.165, 1.54) is 11.6 Å². The van der Waals surface area contributed by atoms with Crippen molar-refractivity contribution in [1.29, 1.82) is 0 Å². The second kappa shape index (κ2) is 9.00. The lowest BCUT2D eigenvalue weighted by molar-refractivity contribution is 0.187. The van der Waals surface area contributed by atoms with Crippen LogP contribution in [0.4, 0.5) is 10.6 Å². The molecule has 29 heavy (non-hydrogen) atoms. The topological polar surface area (TPSA) is 105 Å². The van der Waals surface area contributed by atoms with Crippen LogP contribution in [0, 0.1) is 0 Å². The number of carbonyl (C=O) groups excluding carboxylic acids is 1. The molecule has 0 aliphatic heterocycles. The van der Waals surface area contributed by atoms with Crippen LogP contribution < -0.4 is 24.3 Å². The first-order chi connectivity index (χ1) is 14.1. The zero-order chi connectivity index (χ0) is 20.8. The summed E-state index contributed by atoms with van der Waals surface area (Å²) in [5, 5.41) is 6.81. The number of imidazole rings is 1. The summed E-state index contributed by atoms with van der Waals surface area (Å²) in [5.41, 5.74) is 1.53. The largest absolute Gasteiger partial charge is 0.493 e. The fourth-order valence-corrected chi connectivity index (χ4v) is 2.71. The van der Waals surface area contributed by atoms with E-state index in [-0.39, 0.29) is 0 Å². The fraction of sp³-hybridized carbons (Fsp3) is 0.316. The van der Waals surface area contributed by atoms with E-state index in [0.29, 0.717) is 47.6 Å². The van der Waals surface area contributed by atoms with E-state index in [9.17, 15) is 4.79 Å². The van der Waals surface area contributed by atoms with Gasteiger partial charge in [-0.05, 0) is 23.8 Å². The molecule has 2 heterocycles. The number of anilines is 1. The van der Waals surface area contributed by atoms with Gasteiger partial charge in [0, 0.05) is 12.5 Å². The minimum atomic E-state index is -0.602. The van der Waals surface area contributed by atoms with Crippen LogP contribution in [0.5, 0.6) is 23.1 Å². The van der Waals surface area contributed by atoms with Gasteiger partial charge in [-0.25, -0.2) is 14.3 Å². The Bertz CT molecular complexity index is 979. The highest BCUT2D eigenvalue weighted by Crippen LogP contribution is 2.38. The predicted octanol–water partition coefficient (Wildman–Crippen LogP) is 2.55. The molecule has 0 unspecified atom stereocenters. The molecule has 0 spiro atoms. The van der Waals surface area contributed by atoms with Crippen molar-refractivity contribution in [2.45, 2.75) is 6.42 Å². The summed E-state index contributed by atoms with van der Waals surface area (Å²) in [6, 6.07) is 7.20. The molecule has 3 rings (SSSR count). The first kappa shape index (κ1) is 20.1. The van der Waals surface area contributed by atoms with Crippen LogP contribution >= 0.6 is 0 Å². The van der Waals surface area contributed by atoms with Crippen molar-refractivity contribution in [3.63, 3.8) is 0 Å². The van der Waals surface area contributed by atoms with E-state index in [0.717, 1.165) is 5.56 Å². The molecule has 0 bridgehead atoms. The second-order valence-corrected chi connectivity index (χ2v) is 5.85. The summed E-state index contributed by atoms with van der Waals surface area (Å²) in [4.78, 5) is 15.5. The lowest BCUT2D eigenvalue weighted by Crippen LogP contribution is -2.10. The van der Waals surface area contributed by atoms with Gasteiger partial charge in [0.15, 0.2) is 23.0 Å². The number of carbonyl (C=O) groups is 1. The molecule has 1 amide bonds. The molecule has 1 aromatic carbocycles. The standard InChI is InChI=1S/C19H22N4O6/c1-25-13-9-12(10-14(26-2)18(13)27-3)7-8-29-17-6-5-16-20-15(11-23(16)22-17)21-19(24)28-4/h5-6,9-11H,7-8H2,1-4H3,(H,21,24). The Labute approximate surface area is 167 Å². The maximum Gasteiger partial charge on any atom is 0.412 e. The lowest BCUT2D eigenvalue weighted by atomic mass is 10.1. The number of ether oxygens (including phenoxy) is 5. The summed E-state index contributed by atoms with van der Waals surface area (Å²) in [6.45, 7) is 0.388. The normalized spacial score (nSPS) is 10.5. The van der Waals surface area contributed by atoms with Crippen molar-refractivity contribution >= 4 is 17.6 Å². The van der Waals surface area contributed by atoms with Crippen molar-refractivity contribution in [3.8, 4) is 23.1 Å². The first-order valence-electron chi connectivity index (χ1n) is 8.71. The highest BCUT2D eigenvalue weighted by Gasteiger charge is 2.13. The molecule has 0 atom stereocenters. The van der Waals surface area contributed by atoms with Gasteiger partial charge >= 0.3 is 6.09 Å². The van der Waals surface area contributed by atoms with E-state index in [4.69, 9.17) is 18.9 Å². The van der Waals surface area contributed by atoms with Gasteiger partial charge in [0.25, 0.3) is 0 Å². The minimum absolute atomic E-state index is 0.332. The first-order valence-corrected chi connectivity index (χ1v) is 8.71. The van der Waals surface area contributed by atoms with Gasteiger partial charge in [-0.15, -0.1) is 5.10 Å². The SMILES string of the molecule is COC(=O)Nc1cn2nc(OCCc3cc(OC)c(OC)c(OC)c3)ccc2n1. The summed E-state index contributed by atoms with van der Waals surface area (Å²) in [6.07, 6.45) is 1.57. The quantitative estimate of drug-likeness (QED) is 0.613. The summed E-state index contributed by atoms with van der Waals surface area (Å²) in [5.74, 6) is 2.48. The molecular weight excluding hydrogens is 380 g/mol. The third-order valence-electron chi connectivity index (χ3n) is 4.08. The molecule has 10 heteroatoms. The molecule has 0 aliphatic rings. The number of aromatic nitrogens is 3. The van der Waals surface area contributed by atoms with Crippen molar-refractivity contribution in [2.75, 3.05) is 40.4 Å². The van der Waals surface area contributed by atoms with Crippen molar-refractivity contribution in [3.05, 3.63) is 36.0 Å². The Morgan fingerprint density at radius 3 is 2.41 bits per heavy atom. The van der Waals surface area contributed by atoms with Crippen LogP contribution in [0.15, 0.2) is 30.5 Å². The zero-order valence-electron chi connectivity index (χ0n) is 16.6. The van der Waals surface area contributed by atoms with Crippen molar-refractivity contribution in [1.82, 2.24) is 14.6 Å². The average molecular weight is 402 g/mol. The van der Waals surface area contributed by atoms with Crippen LogP contribution in [0.2, 0.25) is 0 Å². The van der Waals surface area contributed by atoms with Crippen LogP contribution in [0.25, 0.3) is 5.65 Å². The molecular formula is C19H22N4O6. The minimum Gasteiger partial charge on any atom is -0.493 e. The van der Waals surface area contributed by atoms with E-state index < -0.39 is 6.09 Å². The number of hydrogen-bond donors (Lipinski definition) is 1. The van der Waals surface area contributed by atoms with E-state index in [1.54, 1.807) is 39.7 Å². The number of fused-ring (bicyclic) bond motifs is 1. The molecule has 0 fully saturated rings. The van der Waals surface area contributed by atoms with Gasteiger partial charge in [0.05, 0.1) is 41.2 Å². The highest BCUT2D eigenvalue weighted by atomic mass is 16.5.